The third-order valence-corrected chi connectivity index (χ3v) is 1.38. The summed E-state index contributed by atoms with van der Waals surface area (Å²) in [5.74, 6) is 0. The van der Waals surface area contributed by atoms with Gasteiger partial charge in [-0.05, 0) is 0 Å². The standard InChI is InChI=1S/C2H2N2O3S/c5-2-3-1-8(6,7)4-2/h1H,(H,4,5). The maximum atomic E-state index is 10.2. The average Bonchev–Trinajstić information content (AvgIpc) is 1.82. The molecule has 1 aliphatic rings. The van der Waals surface area contributed by atoms with E-state index in [-0.39, 0.29) is 0 Å². The van der Waals surface area contributed by atoms with Crippen molar-refractivity contribution < 1.29 is 13.2 Å². The van der Waals surface area contributed by atoms with Crippen LogP contribution in [0, 0.1) is 0 Å². The molecule has 2 amide bonds. The molecule has 1 rings (SSSR count). The number of hydrogen-bond donors (Lipinski definition) is 1. The highest BCUT2D eigenvalue weighted by molar-refractivity contribution is 8.03. The second kappa shape index (κ2) is 1.28. The molecule has 0 spiro atoms. The van der Waals surface area contributed by atoms with Gasteiger partial charge in [0, 0.05) is 0 Å². The zero-order valence-corrected chi connectivity index (χ0v) is 4.47. The van der Waals surface area contributed by atoms with Crippen molar-refractivity contribution in [1.82, 2.24) is 4.72 Å². The summed E-state index contributed by atoms with van der Waals surface area (Å²) in [7, 11) is -3.49. The summed E-state index contributed by atoms with van der Waals surface area (Å²) in [6.45, 7) is 0. The van der Waals surface area contributed by atoms with E-state index in [2.05, 4.69) is 4.99 Å². The summed E-state index contributed by atoms with van der Waals surface area (Å²) in [6, 6.07) is -0.829. The van der Waals surface area contributed by atoms with E-state index >= 15 is 0 Å². The zero-order chi connectivity index (χ0) is 6.20. The first kappa shape index (κ1) is 5.23. The highest BCUT2D eigenvalue weighted by Crippen LogP contribution is 1.88. The van der Waals surface area contributed by atoms with Crippen LogP contribution in [0.15, 0.2) is 4.99 Å². The Labute approximate surface area is 45.5 Å². The molecule has 1 heterocycles. The van der Waals surface area contributed by atoms with Crippen LogP contribution >= 0.6 is 0 Å². The molecular formula is C2H2N2O3S. The molecule has 6 heteroatoms. The summed E-state index contributed by atoms with van der Waals surface area (Å²) in [5.41, 5.74) is 0.579. The zero-order valence-electron chi connectivity index (χ0n) is 3.66. The van der Waals surface area contributed by atoms with Gasteiger partial charge in [-0.1, -0.05) is 0 Å². The normalized spacial score (nSPS) is 23.2. The Bertz CT molecular complexity index is 238. The first-order valence-electron chi connectivity index (χ1n) is 1.71. The van der Waals surface area contributed by atoms with Gasteiger partial charge >= 0.3 is 6.03 Å². The summed E-state index contributed by atoms with van der Waals surface area (Å²) >= 11 is 0. The lowest BCUT2D eigenvalue weighted by Gasteiger charge is -1.82. The Morgan fingerprint density at radius 1 is 1.62 bits per heavy atom. The van der Waals surface area contributed by atoms with Gasteiger partial charge in [0.05, 0.1) is 0 Å². The maximum absolute atomic E-state index is 10.2. The molecule has 0 fully saturated rings. The Morgan fingerprint density at radius 3 is 2.38 bits per heavy atom. The molecule has 0 bridgehead atoms. The number of aliphatic imine (C=N–C) groups is 1. The molecule has 1 N–H and O–H groups in total. The third-order valence-electron chi connectivity index (χ3n) is 0.538. The van der Waals surface area contributed by atoms with E-state index in [9.17, 15) is 13.2 Å². The predicted molar refractivity (Wildman–Crippen MR) is 25.9 cm³/mol. The van der Waals surface area contributed by atoms with E-state index in [1.165, 1.54) is 0 Å². The minimum absolute atomic E-state index is 0.579. The Hall–Kier alpha value is -0.910. The van der Waals surface area contributed by atoms with Gasteiger partial charge in [-0.2, -0.15) is 4.99 Å². The molecule has 0 aliphatic carbocycles. The van der Waals surface area contributed by atoms with Gasteiger partial charge in [0.15, 0.2) is 0 Å². The number of nitrogens with zero attached hydrogens (tertiary/aromatic N) is 1. The van der Waals surface area contributed by atoms with Gasteiger partial charge in [0.2, 0.25) is 0 Å². The summed E-state index contributed by atoms with van der Waals surface area (Å²) in [4.78, 5) is 12.9. The van der Waals surface area contributed by atoms with Crippen LogP contribution in [0.3, 0.4) is 0 Å². The maximum Gasteiger partial charge on any atom is 0.355 e. The van der Waals surface area contributed by atoms with Crippen LogP contribution in [0.4, 0.5) is 4.79 Å². The van der Waals surface area contributed by atoms with Gasteiger partial charge in [0.1, 0.15) is 5.55 Å². The Kier molecular flexibility index (Phi) is 0.839. The van der Waals surface area contributed by atoms with E-state index in [0.717, 1.165) is 0 Å². The number of hydrogen-bond acceptors (Lipinski definition) is 3. The fourth-order valence-electron chi connectivity index (χ4n) is 0.292. The minimum atomic E-state index is -3.49. The molecule has 0 aromatic carbocycles. The lowest BCUT2D eigenvalue weighted by Crippen LogP contribution is -2.20. The Balaban J connectivity index is 3.06. The molecule has 1 aliphatic heterocycles. The lowest BCUT2D eigenvalue weighted by atomic mass is 11.1. The number of carbonyl (C=O) groups is 1. The molecule has 0 saturated carbocycles. The van der Waals surface area contributed by atoms with Crippen molar-refractivity contribution in [2.45, 2.75) is 0 Å². The summed E-state index contributed by atoms with van der Waals surface area (Å²) in [6.07, 6.45) is 0. The van der Waals surface area contributed by atoms with Crippen molar-refractivity contribution >= 4 is 21.6 Å². The molecule has 0 aromatic rings. The molecule has 0 unspecified atom stereocenters. The van der Waals surface area contributed by atoms with Crippen LogP contribution < -0.4 is 4.72 Å². The van der Waals surface area contributed by atoms with Crippen molar-refractivity contribution in [3.63, 3.8) is 0 Å². The second-order valence-electron chi connectivity index (χ2n) is 1.19. The number of sulfonamides is 1. The van der Waals surface area contributed by atoms with Gasteiger partial charge < -0.3 is 0 Å². The topological polar surface area (TPSA) is 75.6 Å². The van der Waals surface area contributed by atoms with E-state index in [1.807, 2.05) is 0 Å². The number of carbonyl (C=O) groups excluding carboxylic acids is 1. The van der Waals surface area contributed by atoms with Crippen molar-refractivity contribution in [3.8, 4) is 0 Å². The van der Waals surface area contributed by atoms with Crippen LogP contribution in [0.5, 0.6) is 0 Å². The largest absolute Gasteiger partial charge is 0.355 e. The summed E-state index contributed by atoms with van der Waals surface area (Å²) < 4.78 is 21.9. The van der Waals surface area contributed by atoms with Crippen LogP contribution in [0.25, 0.3) is 0 Å². The lowest BCUT2D eigenvalue weighted by molar-refractivity contribution is 0.254. The monoisotopic (exact) mass is 134 g/mol. The van der Waals surface area contributed by atoms with Gasteiger partial charge in [0.25, 0.3) is 10.0 Å². The fourth-order valence-corrected chi connectivity index (χ4v) is 0.875. The van der Waals surface area contributed by atoms with Gasteiger partial charge in [-0.3, -0.25) is 0 Å². The SMILES string of the molecule is O=C1N=CS(=O)(=O)N1. The fraction of sp³-hybridized carbons (Fsp3) is 0. The Morgan fingerprint density at radius 2 is 2.25 bits per heavy atom. The first-order chi connectivity index (χ1) is 3.60. The van der Waals surface area contributed by atoms with Gasteiger partial charge in [-0.25, -0.2) is 17.9 Å². The van der Waals surface area contributed by atoms with Gasteiger partial charge in [-0.15, -0.1) is 0 Å². The molecule has 44 valence electrons. The number of amides is 2. The summed E-state index contributed by atoms with van der Waals surface area (Å²) in [5, 5.41) is 0. The number of nitrogens with one attached hydrogen (secondary N) is 1. The quantitative estimate of drug-likeness (QED) is 0.465. The van der Waals surface area contributed by atoms with Crippen LogP contribution in [0.1, 0.15) is 0 Å². The first-order valence-corrected chi connectivity index (χ1v) is 3.26. The van der Waals surface area contributed by atoms with Crippen molar-refractivity contribution in [3.05, 3.63) is 0 Å². The number of urea groups is 1. The highest BCUT2D eigenvalue weighted by Gasteiger charge is 2.16. The second-order valence-corrected chi connectivity index (χ2v) is 2.69. The average molecular weight is 134 g/mol. The van der Waals surface area contributed by atoms with E-state index < -0.39 is 16.1 Å². The highest BCUT2D eigenvalue weighted by atomic mass is 32.2. The molecule has 0 aromatic heterocycles. The van der Waals surface area contributed by atoms with Crippen molar-refractivity contribution in [2.24, 2.45) is 4.99 Å². The molecule has 8 heavy (non-hydrogen) atoms. The minimum Gasteiger partial charge on any atom is -0.245 e. The smallest absolute Gasteiger partial charge is 0.245 e. The number of rotatable bonds is 0. The van der Waals surface area contributed by atoms with Crippen LogP contribution in [0.2, 0.25) is 0 Å². The van der Waals surface area contributed by atoms with Crippen LogP contribution in [-0.2, 0) is 10.0 Å². The van der Waals surface area contributed by atoms with E-state index in [4.69, 9.17) is 0 Å². The predicted octanol–water partition coefficient (Wildman–Crippen LogP) is -0.932. The van der Waals surface area contributed by atoms with E-state index in [1.54, 1.807) is 4.72 Å². The molecule has 0 saturated heterocycles. The van der Waals surface area contributed by atoms with Crippen molar-refractivity contribution in [2.75, 3.05) is 0 Å². The van der Waals surface area contributed by atoms with E-state index in [0.29, 0.717) is 5.55 Å². The third kappa shape index (κ3) is 0.836. The van der Waals surface area contributed by atoms with Crippen molar-refractivity contribution in [1.29, 1.82) is 0 Å². The molecular weight excluding hydrogens is 132 g/mol. The molecule has 0 atom stereocenters. The molecule has 5 nitrogen and oxygen atoms in total. The molecule has 0 radical (unpaired) electrons. The van der Waals surface area contributed by atoms with Crippen LogP contribution in [-0.4, -0.2) is 20.0 Å².